The third kappa shape index (κ3) is 3.12. The number of aromatic nitrogens is 1. The van der Waals surface area contributed by atoms with Crippen molar-refractivity contribution in [3.05, 3.63) is 53.7 Å². The Bertz CT molecular complexity index is 641. The molecule has 6 heteroatoms. The number of aliphatic hydroxyl groups excluding tert-OH is 1. The van der Waals surface area contributed by atoms with Gasteiger partial charge in [-0.15, -0.1) is 0 Å². The first-order valence-electron chi connectivity index (χ1n) is 7.21. The molecule has 1 aliphatic heterocycles. The minimum atomic E-state index is -0.596. The maximum Gasteiger partial charge on any atom is 0.410 e. The van der Waals surface area contributed by atoms with Crippen molar-refractivity contribution in [2.45, 2.75) is 32.1 Å². The van der Waals surface area contributed by atoms with E-state index in [1.54, 1.807) is 13.1 Å². The normalized spacial score (nSPS) is 21.1. The lowest BCUT2D eigenvalue weighted by Crippen LogP contribution is -2.32. The van der Waals surface area contributed by atoms with Gasteiger partial charge in [-0.2, -0.15) is 0 Å². The summed E-state index contributed by atoms with van der Waals surface area (Å²) in [5.41, 5.74) is 0.916. The highest BCUT2D eigenvalue weighted by atomic mass is 16.6. The van der Waals surface area contributed by atoms with Crippen LogP contribution in [0.4, 0.5) is 4.79 Å². The van der Waals surface area contributed by atoms with Gasteiger partial charge in [-0.1, -0.05) is 30.3 Å². The Labute approximate surface area is 128 Å². The second-order valence-electron chi connectivity index (χ2n) is 5.41. The lowest BCUT2D eigenvalue weighted by atomic mass is 10.2. The van der Waals surface area contributed by atoms with Gasteiger partial charge in [0.2, 0.25) is 5.89 Å². The molecule has 1 fully saturated rings. The van der Waals surface area contributed by atoms with E-state index in [1.165, 1.54) is 4.90 Å². The van der Waals surface area contributed by atoms with Gasteiger partial charge in [0.15, 0.2) is 0 Å². The zero-order chi connectivity index (χ0) is 15.5. The number of hydrogen-bond donors (Lipinski definition) is 1. The van der Waals surface area contributed by atoms with Crippen molar-refractivity contribution in [1.29, 1.82) is 0 Å². The van der Waals surface area contributed by atoms with Crippen LogP contribution in [0.5, 0.6) is 0 Å². The Morgan fingerprint density at radius 2 is 2.23 bits per heavy atom. The number of oxazole rings is 1. The summed E-state index contributed by atoms with van der Waals surface area (Å²) < 4.78 is 10.8. The van der Waals surface area contributed by atoms with Crippen LogP contribution in [0.2, 0.25) is 0 Å². The molecule has 0 radical (unpaired) electrons. The zero-order valence-corrected chi connectivity index (χ0v) is 12.3. The van der Waals surface area contributed by atoms with Crippen LogP contribution in [-0.2, 0) is 11.3 Å². The number of rotatable bonds is 3. The van der Waals surface area contributed by atoms with Gasteiger partial charge in [0, 0.05) is 6.42 Å². The number of amides is 1. The van der Waals surface area contributed by atoms with Gasteiger partial charge < -0.3 is 14.3 Å². The fourth-order valence-corrected chi connectivity index (χ4v) is 2.58. The predicted molar refractivity (Wildman–Crippen MR) is 77.9 cm³/mol. The molecule has 6 nitrogen and oxygen atoms in total. The maximum atomic E-state index is 12.3. The molecule has 0 bridgehead atoms. The molecule has 116 valence electrons. The number of ether oxygens (including phenoxy) is 1. The van der Waals surface area contributed by atoms with E-state index in [0.717, 1.165) is 5.56 Å². The average Bonchev–Trinajstić information content (AvgIpc) is 3.11. The number of nitrogens with zero attached hydrogens (tertiary/aromatic N) is 2. The zero-order valence-electron chi connectivity index (χ0n) is 12.3. The molecule has 0 unspecified atom stereocenters. The van der Waals surface area contributed by atoms with E-state index in [2.05, 4.69) is 4.98 Å². The second-order valence-corrected chi connectivity index (χ2v) is 5.41. The average molecular weight is 302 g/mol. The van der Waals surface area contributed by atoms with Crippen LogP contribution in [0.3, 0.4) is 0 Å². The van der Waals surface area contributed by atoms with Crippen molar-refractivity contribution in [1.82, 2.24) is 9.88 Å². The van der Waals surface area contributed by atoms with Gasteiger partial charge in [0.05, 0.1) is 18.8 Å². The highest BCUT2D eigenvalue weighted by Gasteiger charge is 2.39. The quantitative estimate of drug-likeness (QED) is 0.942. The number of carbonyl (C=O) groups is 1. The van der Waals surface area contributed by atoms with Gasteiger partial charge in [-0.25, -0.2) is 9.78 Å². The van der Waals surface area contributed by atoms with Crippen molar-refractivity contribution in [2.24, 2.45) is 0 Å². The van der Waals surface area contributed by atoms with Crippen LogP contribution in [0.1, 0.15) is 29.7 Å². The van der Waals surface area contributed by atoms with Crippen LogP contribution in [0.25, 0.3) is 0 Å². The molecule has 2 aromatic rings. The molecule has 3 rings (SSSR count). The summed E-state index contributed by atoms with van der Waals surface area (Å²) in [6.45, 7) is 2.21. The summed E-state index contributed by atoms with van der Waals surface area (Å²) in [7, 11) is 0. The Balaban J connectivity index is 1.67. The molecule has 2 atom stereocenters. The molecule has 0 aliphatic carbocycles. The summed E-state index contributed by atoms with van der Waals surface area (Å²) in [6, 6.07) is 9.08. The fourth-order valence-electron chi connectivity index (χ4n) is 2.58. The van der Waals surface area contributed by atoms with Gasteiger partial charge in [0.1, 0.15) is 18.4 Å². The summed E-state index contributed by atoms with van der Waals surface area (Å²) in [4.78, 5) is 17.9. The number of carbonyl (C=O) groups excluding carboxylic acids is 1. The van der Waals surface area contributed by atoms with Crippen LogP contribution in [0, 0.1) is 6.92 Å². The molecule has 0 spiro atoms. The molecular weight excluding hydrogens is 284 g/mol. The van der Waals surface area contributed by atoms with Crippen molar-refractivity contribution in [3.8, 4) is 0 Å². The van der Waals surface area contributed by atoms with E-state index in [4.69, 9.17) is 9.15 Å². The van der Waals surface area contributed by atoms with E-state index >= 15 is 0 Å². The molecule has 1 saturated heterocycles. The minimum absolute atomic E-state index is 0.198. The van der Waals surface area contributed by atoms with E-state index in [0.29, 0.717) is 18.1 Å². The Morgan fingerprint density at radius 1 is 1.45 bits per heavy atom. The van der Waals surface area contributed by atoms with Gasteiger partial charge in [0.25, 0.3) is 0 Å². The highest BCUT2D eigenvalue weighted by molar-refractivity contribution is 5.68. The number of hydrogen-bond acceptors (Lipinski definition) is 5. The Morgan fingerprint density at radius 3 is 2.91 bits per heavy atom. The number of benzene rings is 1. The van der Waals surface area contributed by atoms with Crippen molar-refractivity contribution in [3.63, 3.8) is 0 Å². The first-order valence-corrected chi connectivity index (χ1v) is 7.21. The van der Waals surface area contributed by atoms with E-state index in [-0.39, 0.29) is 19.2 Å². The smallest absolute Gasteiger partial charge is 0.410 e. The van der Waals surface area contributed by atoms with Gasteiger partial charge in [-0.3, -0.25) is 4.90 Å². The molecule has 1 aromatic carbocycles. The molecule has 1 N–H and O–H groups in total. The molecule has 1 amide bonds. The fraction of sp³-hybridized carbons (Fsp3) is 0.375. The van der Waals surface area contributed by atoms with Gasteiger partial charge >= 0.3 is 6.09 Å². The standard InChI is InChI=1S/C16H18N2O4/c1-11-8-17-15(22-11)14-7-13(19)9-18(14)16(20)21-10-12-5-3-2-4-6-12/h2-6,8,13-14,19H,7,9-10H2,1H3/t13-,14+/m1/s1. The Kier molecular flexibility index (Phi) is 4.11. The van der Waals surface area contributed by atoms with E-state index in [9.17, 15) is 9.90 Å². The summed E-state index contributed by atoms with van der Waals surface area (Å²) >= 11 is 0. The van der Waals surface area contributed by atoms with Crippen LogP contribution in [0.15, 0.2) is 40.9 Å². The lowest BCUT2D eigenvalue weighted by Gasteiger charge is -2.21. The molecule has 2 heterocycles. The minimum Gasteiger partial charge on any atom is -0.445 e. The summed E-state index contributed by atoms with van der Waals surface area (Å²) in [6.07, 6.45) is 0.941. The summed E-state index contributed by atoms with van der Waals surface area (Å²) in [5, 5.41) is 9.85. The van der Waals surface area contributed by atoms with Crippen LogP contribution < -0.4 is 0 Å². The molecular formula is C16H18N2O4. The highest BCUT2D eigenvalue weighted by Crippen LogP contribution is 2.32. The SMILES string of the molecule is Cc1cnc([C@@H]2C[C@@H](O)CN2C(=O)OCc2ccccc2)o1. The number of likely N-dealkylation sites (tertiary alicyclic amines) is 1. The first kappa shape index (κ1) is 14.6. The second kappa shape index (κ2) is 6.19. The third-order valence-electron chi connectivity index (χ3n) is 3.64. The molecule has 0 saturated carbocycles. The summed E-state index contributed by atoms with van der Waals surface area (Å²) in [5.74, 6) is 1.11. The lowest BCUT2D eigenvalue weighted by molar-refractivity contribution is 0.0840. The van der Waals surface area contributed by atoms with Gasteiger partial charge in [-0.05, 0) is 12.5 Å². The van der Waals surface area contributed by atoms with Crippen molar-refractivity contribution in [2.75, 3.05) is 6.54 Å². The number of aliphatic hydroxyl groups is 1. The molecule has 22 heavy (non-hydrogen) atoms. The Hall–Kier alpha value is -2.34. The van der Waals surface area contributed by atoms with Crippen molar-refractivity contribution < 1.29 is 19.1 Å². The first-order chi connectivity index (χ1) is 10.6. The number of β-amino-alcohol motifs (C(OH)–C–C–N with tert-alkyl or cyclic N) is 1. The van der Waals surface area contributed by atoms with E-state index < -0.39 is 12.2 Å². The van der Waals surface area contributed by atoms with E-state index in [1.807, 2.05) is 30.3 Å². The monoisotopic (exact) mass is 302 g/mol. The molecule has 1 aliphatic rings. The largest absolute Gasteiger partial charge is 0.445 e. The molecule has 1 aromatic heterocycles. The number of aryl methyl sites for hydroxylation is 1. The van der Waals surface area contributed by atoms with Crippen molar-refractivity contribution >= 4 is 6.09 Å². The maximum absolute atomic E-state index is 12.3. The predicted octanol–water partition coefficient (Wildman–Crippen LogP) is 2.43. The van der Waals surface area contributed by atoms with Crippen LogP contribution >= 0.6 is 0 Å². The van der Waals surface area contributed by atoms with Crippen LogP contribution in [-0.4, -0.2) is 33.7 Å². The topological polar surface area (TPSA) is 75.8 Å². The third-order valence-corrected chi connectivity index (χ3v) is 3.64.